The summed E-state index contributed by atoms with van der Waals surface area (Å²) in [6.07, 6.45) is 0.534. The Labute approximate surface area is 97.2 Å². The number of sulfonamides is 1. The number of rotatable bonds is 6. The molecule has 0 unspecified atom stereocenters. The third-order valence-corrected chi connectivity index (χ3v) is 3.42. The van der Waals surface area contributed by atoms with Crippen LogP contribution in [0.3, 0.4) is 0 Å². The van der Waals surface area contributed by atoms with E-state index in [4.69, 9.17) is 0 Å². The summed E-state index contributed by atoms with van der Waals surface area (Å²) >= 11 is 0. The Morgan fingerprint density at radius 1 is 1.31 bits per heavy atom. The van der Waals surface area contributed by atoms with Crippen molar-refractivity contribution < 1.29 is 8.42 Å². The number of hydrogen-bond acceptors (Lipinski definition) is 2. The van der Waals surface area contributed by atoms with Gasteiger partial charge in [0.2, 0.25) is 10.0 Å². The third-order valence-electron chi connectivity index (χ3n) is 2.10. The minimum Gasteiger partial charge on any atom is -0.212 e. The highest BCUT2D eigenvalue weighted by Gasteiger charge is 2.09. The molecule has 0 spiro atoms. The van der Waals surface area contributed by atoms with Crippen molar-refractivity contribution in [3.8, 4) is 0 Å². The second-order valence-corrected chi connectivity index (χ2v) is 5.76. The highest BCUT2D eigenvalue weighted by atomic mass is 32.2. The fraction of sp³-hybridized carbons (Fsp3) is 0.333. The molecule has 1 aromatic rings. The van der Waals surface area contributed by atoms with Gasteiger partial charge in [0.15, 0.2) is 0 Å². The normalized spacial score (nSPS) is 11.3. The first-order valence-electron chi connectivity index (χ1n) is 5.15. The van der Waals surface area contributed by atoms with Gasteiger partial charge in [-0.1, -0.05) is 42.5 Å². The van der Waals surface area contributed by atoms with Crippen LogP contribution in [0.1, 0.15) is 12.5 Å². The monoisotopic (exact) mass is 239 g/mol. The molecule has 4 heteroatoms. The van der Waals surface area contributed by atoms with Gasteiger partial charge < -0.3 is 0 Å². The summed E-state index contributed by atoms with van der Waals surface area (Å²) in [6, 6.07) is 9.58. The average molecular weight is 239 g/mol. The molecule has 0 amide bonds. The summed E-state index contributed by atoms with van der Waals surface area (Å²) in [4.78, 5) is 0. The van der Waals surface area contributed by atoms with Crippen molar-refractivity contribution in [2.24, 2.45) is 0 Å². The van der Waals surface area contributed by atoms with Crippen LogP contribution >= 0.6 is 0 Å². The van der Waals surface area contributed by atoms with E-state index in [1.54, 1.807) is 6.92 Å². The van der Waals surface area contributed by atoms with Gasteiger partial charge in [0.1, 0.15) is 0 Å². The van der Waals surface area contributed by atoms with E-state index in [1.165, 1.54) is 0 Å². The first-order valence-corrected chi connectivity index (χ1v) is 6.80. The largest absolute Gasteiger partial charge is 0.212 e. The lowest BCUT2D eigenvalue weighted by Gasteiger charge is -2.06. The Kier molecular flexibility index (Phi) is 4.71. The fourth-order valence-corrected chi connectivity index (χ4v) is 2.32. The van der Waals surface area contributed by atoms with Crippen molar-refractivity contribution >= 4 is 10.0 Å². The lowest BCUT2D eigenvalue weighted by Crippen LogP contribution is -2.28. The molecule has 16 heavy (non-hydrogen) atoms. The van der Waals surface area contributed by atoms with E-state index in [2.05, 4.69) is 11.3 Å². The van der Waals surface area contributed by atoms with E-state index in [1.807, 2.05) is 30.3 Å². The molecule has 88 valence electrons. The maximum Gasteiger partial charge on any atom is 0.212 e. The van der Waals surface area contributed by atoms with Crippen molar-refractivity contribution in [1.29, 1.82) is 0 Å². The van der Waals surface area contributed by atoms with Crippen molar-refractivity contribution in [2.45, 2.75) is 13.3 Å². The molecular weight excluding hydrogens is 222 g/mol. The summed E-state index contributed by atoms with van der Waals surface area (Å²) in [6.45, 7) is 5.76. The van der Waals surface area contributed by atoms with E-state index in [-0.39, 0.29) is 5.75 Å². The molecule has 0 heterocycles. The SMILES string of the molecule is C=C(C)CNS(=O)(=O)CCc1ccccc1. The van der Waals surface area contributed by atoms with Crippen LogP contribution in [0.2, 0.25) is 0 Å². The lowest BCUT2D eigenvalue weighted by atomic mass is 10.2. The van der Waals surface area contributed by atoms with E-state index >= 15 is 0 Å². The number of aryl methyl sites for hydroxylation is 1. The van der Waals surface area contributed by atoms with Gasteiger partial charge in [-0.25, -0.2) is 13.1 Å². The van der Waals surface area contributed by atoms with Gasteiger partial charge in [-0.05, 0) is 18.9 Å². The van der Waals surface area contributed by atoms with Gasteiger partial charge >= 0.3 is 0 Å². The molecule has 3 nitrogen and oxygen atoms in total. The zero-order valence-electron chi connectivity index (χ0n) is 9.44. The quantitative estimate of drug-likeness (QED) is 0.768. The summed E-state index contributed by atoms with van der Waals surface area (Å²) in [7, 11) is -3.19. The smallest absolute Gasteiger partial charge is 0.212 e. The zero-order valence-corrected chi connectivity index (χ0v) is 10.3. The summed E-state index contributed by atoms with van der Waals surface area (Å²) in [5.41, 5.74) is 1.84. The average Bonchev–Trinajstić information content (AvgIpc) is 2.26. The first-order chi connectivity index (χ1) is 7.49. The Hall–Kier alpha value is -1.13. The summed E-state index contributed by atoms with van der Waals surface area (Å²) < 4.78 is 25.6. The zero-order chi connectivity index (χ0) is 12.0. The van der Waals surface area contributed by atoms with Gasteiger partial charge in [-0.15, -0.1) is 0 Å². The van der Waals surface area contributed by atoms with Crippen LogP contribution in [0, 0.1) is 0 Å². The molecule has 1 N–H and O–H groups in total. The number of nitrogens with one attached hydrogen (secondary N) is 1. The standard InChI is InChI=1S/C12H17NO2S/c1-11(2)10-13-16(14,15)9-8-12-6-4-3-5-7-12/h3-7,13H,1,8-10H2,2H3. The second kappa shape index (κ2) is 5.82. The predicted molar refractivity (Wildman–Crippen MR) is 66.7 cm³/mol. The third kappa shape index (κ3) is 5.09. The van der Waals surface area contributed by atoms with Crippen molar-refractivity contribution in [2.75, 3.05) is 12.3 Å². The van der Waals surface area contributed by atoms with Gasteiger partial charge in [0.25, 0.3) is 0 Å². The van der Waals surface area contributed by atoms with Gasteiger partial charge in [0.05, 0.1) is 5.75 Å². The Morgan fingerprint density at radius 2 is 1.94 bits per heavy atom. The summed E-state index contributed by atoms with van der Waals surface area (Å²) in [5, 5.41) is 0. The molecule has 0 aliphatic rings. The molecule has 0 atom stereocenters. The highest BCUT2D eigenvalue weighted by molar-refractivity contribution is 7.89. The molecule has 0 fully saturated rings. The first kappa shape index (κ1) is 12.9. The summed E-state index contributed by atoms with van der Waals surface area (Å²) in [5.74, 6) is 0.115. The van der Waals surface area contributed by atoms with E-state index in [0.29, 0.717) is 13.0 Å². The van der Waals surface area contributed by atoms with Crippen LogP contribution in [0.15, 0.2) is 42.5 Å². The van der Waals surface area contributed by atoms with Crippen molar-refractivity contribution in [3.63, 3.8) is 0 Å². The van der Waals surface area contributed by atoms with Crippen LogP contribution < -0.4 is 4.72 Å². The highest BCUT2D eigenvalue weighted by Crippen LogP contribution is 2.01. The minimum atomic E-state index is -3.19. The predicted octanol–water partition coefficient (Wildman–Crippen LogP) is 1.72. The molecule has 1 rings (SSSR count). The van der Waals surface area contributed by atoms with Crippen LogP contribution in [0.4, 0.5) is 0 Å². The molecule has 0 saturated heterocycles. The van der Waals surface area contributed by atoms with Crippen molar-refractivity contribution in [3.05, 3.63) is 48.0 Å². The molecule has 1 aromatic carbocycles. The molecule has 0 saturated carbocycles. The Bertz CT molecular complexity index is 437. The van der Waals surface area contributed by atoms with E-state index in [9.17, 15) is 8.42 Å². The number of hydrogen-bond donors (Lipinski definition) is 1. The Morgan fingerprint density at radius 3 is 2.50 bits per heavy atom. The van der Waals surface area contributed by atoms with Gasteiger partial charge in [0, 0.05) is 6.54 Å². The molecule has 0 aliphatic carbocycles. The molecule has 0 aromatic heterocycles. The second-order valence-electron chi connectivity index (χ2n) is 3.83. The van der Waals surface area contributed by atoms with Crippen LogP contribution in [0.25, 0.3) is 0 Å². The molecule has 0 aliphatic heterocycles. The van der Waals surface area contributed by atoms with Gasteiger partial charge in [-0.3, -0.25) is 0 Å². The van der Waals surface area contributed by atoms with Crippen LogP contribution in [0.5, 0.6) is 0 Å². The van der Waals surface area contributed by atoms with E-state index in [0.717, 1.165) is 11.1 Å². The van der Waals surface area contributed by atoms with E-state index < -0.39 is 10.0 Å². The maximum atomic E-state index is 11.6. The van der Waals surface area contributed by atoms with Crippen LogP contribution in [-0.2, 0) is 16.4 Å². The topological polar surface area (TPSA) is 46.2 Å². The molecule has 0 radical (unpaired) electrons. The fourth-order valence-electron chi connectivity index (χ4n) is 1.20. The van der Waals surface area contributed by atoms with Crippen molar-refractivity contribution in [1.82, 2.24) is 4.72 Å². The minimum absolute atomic E-state index is 0.115. The lowest BCUT2D eigenvalue weighted by molar-refractivity contribution is 0.584. The van der Waals surface area contributed by atoms with Gasteiger partial charge in [-0.2, -0.15) is 0 Å². The molecule has 0 bridgehead atoms. The Balaban J connectivity index is 2.45. The number of benzene rings is 1. The van der Waals surface area contributed by atoms with Crippen LogP contribution in [-0.4, -0.2) is 20.7 Å². The maximum absolute atomic E-state index is 11.6. The molecular formula is C12H17NO2S.